The van der Waals surface area contributed by atoms with Gasteiger partial charge in [0.1, 0.15) is 0 Å². The van der Waals surface area contributed by atoms with Gasteiger partial charge in [0.15, 0.2) is 0 Å². The molecule has 3 atom stereocenters. The Labute approximate surface area is 162 Å². The summed E-state index contributed by atoms with van der Waals surface area (Å²) in [4.78, 5) is 0. The fourth-order valence-electron chi connectivity index (χ4n) is 4.83. The number of nitrogens with two attached hydrogens (primary N) is 1. The molecule has 0 saturated heterocycles. The molecule has 0 aromatic rings. The quantitative estimate of drug-likeness (QED) is 0.400. The van der Waals surface area contributed by atoms with Crippen molar-refractivity contribution in [2.75, 3.05) is 26.3 Å². The van der Waals surface area contributed by atoms with E-state index in [1.807, 2.05) is 0 Å². The molecule has 0 heterocycles. The van der Waals surface area contributed by atoms with Crippen molar-refractivity contribution in [2.45, 2.75) is 104 Å². The molecule has 1 rings (SSSR count). The van der Waals surface area contributed by atoms with Gasteiger partial charge in [0.2, 0.25) is 0 Å². The van der Waals surface area contributed by atoms with E-state index in [1.165, 1.54) is 44.9 Å². The van der Waals surface area contributed by atoms with Crippen LogP contribution in [0.15, 0.2) is 0 Å². The maximum Gasteiger partial charge on any atom is 0.0897 e. The van der Waals surface area contributed by atoms with Crippen molar-refractivity contribution in [2.24, 2.45) is 16.6 Å². The van der Waals surface area contributed by atoms with E-state index in [2.05, 4.69) is 33.0 Å². The van der Waals surface area contributed by atoms with Crippen LogP contribution in [0.5, 0.6) is 0 Å². The number of nitrogens with one attached hydrogen (secondary N) is 1. The third kappa shape index (κ3) is 10.9. The Morgan fingerprint density at radius 3 is 2.38 bits per heavy atom. The molecule has 4 nitrogen and oxygen atoms in total. The minimum absolute atomic E-state index is 0.222. The molecule has 1 aliphatic rings. The lowest BCUT2D eigenvalue weighted by Crippen LogP contribution is -2.47. The van der Waals surface area contributed by atoms with E-state index in [1.54, 1.807) is 0 Å². The maximum absolute atomic E-state index is 10.1. The Morgan fingerprint density at radius 2 is 1.73 bits per heavy atom. The van der Waals surface area contributed by atoms with Crippen molar-refractivity contribution in [3.63, 3.8) is 0 Å². The molecule has 4 N–H and O–H groups in total. The highest BCUT2D eigenvalue weighted by atomic mass is 16.5. The second-order valence-corrected chi connectivity index (χ2v) is 9.80. The lowest BCUT2D eigenvalue weighted by Gasteiger charge is -2.46. The summed E-state index contributed by atoms with van der Waals surface area (Å²) in [5.41, 5.74) is 6.79. The van der Waals surface area contributed by atoms with Gasteiger partial charge in [-0.3, -0.25) is 0 Å². The molecular formula is C22H46N2O2. The largest absolute Gasteiger partial charge is 0.389 e. The van der Waals surface area contributed by atoms with Crippen LogP contribution >= 0.6 is 0 Å². The van der Waals surface area contributed by atoms with Crippen LogP contribution in [0.2, 0.25) is 0 Å². The molecule has 0 radical (unpaired) electrons. The molecule has 26 heavy (non-hydrogen) atoms. The molecule has 0 aromatic carbocycles. The van der Waals surface area contributed by atoms with Gasteiger partial charge in [-0.15, -0.1) is 0 Å². The van der Waals surface area contributed by atoms with E-state index in [-0.39, 0.29) is 5.41 Å². The number of rotatable bonds is 14. The molecule has 0 spiro atoms. The second kappa shape index (κ2) is 12.3. The maximum atomic E-state index is 10.1. The summed E-state index contributed by atoms with van der Waals surface area (Å²) in [5.74, 6) is 0. The summed E-state index contributed by atoms with van der Waals surface area (Å²) in [7, 11) is 0. The molecule has 0 bridgehead atoms. The molecular weight excluding hydrogens is 324 g/mol. The Hall–Kier alpha value is -0.160. The monoisotopic (exact) mass is 370 g/mol. The first-order chi connectivity index (χ1) is 12.3. The molecule has 156 valence electrons. The van der Waals surface area contributed by atoms with E-state index in [4.69, 9.17) is 10.5 Å². The van der Waals surface area contributed by atoms with Crippen LogP contribution < -0.4 is 11.1 Å². The van der Waals surface area contributed by atoms with Crippen molar-refractivity contribution >= 4 is 0 Å². The van der Waals surface area contributed by atoms with E-state index < -0.39 is 6.10 Å². The minimum Gasteiger partial charge on any atom is -0.389 e. The Morgan fingerprint density at radius 1 is 1.08 bits per heavy atom. The zero-order chi connectivity index (χ0) is 19.5. The van der Waals surface area contributed by atoms with Crippen molar-refractivity contribution in [3.05, 3.63) is 0 Å². The molecule has 1 fully saturated rings. The zero-order valence-electron chi connectivity index (χ0n) is 18.0. The molecule has 0 aromatic heterocycles. The summed E-state index contributed by atoms with van der Waals surface area (Å²) in [6, 6.07) is 0.292. The smallest absolute Gasteiger partial charge is 0.0897 e. The fourth-order valence-corrected chi connectivity index (χ4v) is 4.83. The fraction of sp³-hybridized carbons (Fsp3) is 1.00. The van der Waals surface area contributed by atoms with Gasteiger partial charge < -0.3 is 20.9 Å². The lowest BCUT2D eigenvalue weighted by molar-refractivity contribution is 0.0305. The molecule has 0 amide bonds. The summed E-state index contributed by atoms with van der Waals surface area (Å²) < 4.78 is 5.63. The van der Waals surface area contributed by atoms with E-state index in [0.29, 0.717) is 24.6 Å². The molecule has 3 unspecified atom stereocenters. The average Bonchev–Trinajstić information content (AvgIpc) is 2.50. The summed E-state index contributed by atoms with van der Waals surface area (Å²) in [6.45, 7) is 11.9. The standard InChI is InChI=1S/C22H46N2O2/c1-5-6-7-8-9-10-11-12-26-16-20(25)15-24-18-22(4)14-19(23)13-21(2,3)17-22/h19-20,24-25H,5-18,23H2,1-4H3. The second-order valence-electron chi connectivity index (χ2n) is 9.80. The number of ether oxygens (including phenoxy) is 1. The summed E-state index contributed by atoms with van der Waals surface area (Å²) in [5, 5.41) is 13.6. The van der Waals surface area contributed by atoms with Gasteiger partial charge in [-0.05, 0) is 36.5 Å². The van der Waals surface area contributed by atoms with Crippen LogP contribution in [0.25, 0.3) is 0 Å². The van der Waals surface area contributed by atoms with Crippen LogP contribution in [0, 0.1) is 10.8 Å². The highest BCUT2D eigenvalue weighted by Gasteiger charge is 2.39. The lowest BCUT2D eigenvalue weighted by atomic mass is 9.63. The average molecular weight is 371 g/mol. The Bertz CT molecular complexity index is 362. The first-order valence-electron chi connectivity index (χ1n) is 11.0. The number of aliphatic hydroxyl groups is 1. The van der Waals surface area contributed by atoms with Crippen molar-refractivity contribution in [3.8, 4) is 0 Å². The van der Waals surface area contributed by atoms with E-state index >= 15 is 0 Å². The molecule has 4 heteroatoms. The van der Waals surface area contributed by atoms with Crippen LogP contribution in [0.1, 0.15) is 91.9 Å². The van der Waals surface area contributed by atoms with Gasteiger partial charge in [-0.1, -0.05) is 66.2 Å². The first-order valence-corrected chi connectivity index (χ1v) is 11.0. The van der Waals surface area contributed by atoms with Gasteiger partial charge in [0.05, 0.1) is 12.7 Å². The minimum atomic E-state index is -0.423. The van der Waals surface area contributed by atoms with Crippen LogP contribution in [0.4, 0.5) is 0 Å². The Kier molecular flexibility index (Phi) is 11.3. The zero-order valence-corrected chi connectivity index (χ0v) is 18.0. The number of unbranched alkanes of at least 4 members (excludes halogenated alkanes) is 6. The highest BCUT2D eigenvalue weighted by molar-refractivity contribution is 4.94. The van der Waals surface area contributed by atoms with Gasteiger partial charge >= 0.3 is 0 Å². The van der Waals surface area contributed by atoms with Gasteiger partial charge in [-0.25, -0.2) is 0 Å². The van der Waals surface area contributed by atoms with Crippen molar-refractivity contribution < 1.29 is 9.84 Å². The van der Waals surface area contributed by atoms with Crippen LogP contribution in [0.3, 0.4) is 0 Å². The highest BCUT2D eigenvalue weighted by Crippen LogP contribution is 2.45. The SMILES string of the molecule is CCCCCCCCCOCC(O)CNCC1(C)CC(N)CC(C)(C)C1. The van der Waals surface area contributed by atoms with Crippen LogP contribution in [-0.4, -0.2) is 43.6 Å². The van der Waals surface area contributed by atoms with Crippen molar-refractivity contribution in [1.29, 1.82) is 0 Å². The molecule has 1 saturated carbocycles. The van der Waals surface area contributed by atoms with Gasteiger partial charge in [0, 0.05) is 25.7 Å². The number of hydrogen-bond donors (Lipinski definition) is 3. The topological polar surface area (TPSA) is 67.5 Å². The third-order valence-corrected chi connectivity index (χ3v) is 5.61. The van der Waals surface area contributed by atoms with Gasteiger partial charge in [0.25, 0.3) is 0 Å². The first kappa shape index (κ1) is 23.9. The molecule has 0 aliphatic heterocycles. The van der Waals surface area contributed by atoms with E-state index in [0.717, 1.165) is 32.4 Å². The van der Waals surface area contributed by atoms with Gasteiger partial charge in [-0.2, -0.15) is 0 Å². The summed E-state index contributed by atoms with van der Waals surface area (Å²) in [6.07, 6.45) is 12.0. The predicted octanol–water partition coefficient (Wildman–Crippen LogP) is 4.25. The molecule has 1 aliphatic carbocycles. The summed E-state index contributed by atoms with van der Waals surface area (Å²) >= 11 is 0. The van der Waals surface area contributed by atoms with E-state index in [9.17, 15) is 5.11 Å². The van der Waals surface area contributed by atoms with Crippen molar-refractivity contribution in [1.82, 2.24) is 5.32 Å². The van der Waals surface area contributed by atoms with Crippen LogP contribution in [-0.2, 0) is 4.74 Å². The number of hydrogen-bond acceptors (Lipinski definition) is 4. The normalized spacial score (nSPS) is 26.8. The Balaban J connectivity index is 2.03. The number of aliphatic hydroxyl groups excluding tert-OH is 1. The third-order valence-electron chi connectivity index (χ3n) is 5.61. The predicted molar refractivity (Wildman–Crippen MR) is 111 cm³/mol.